The topological polar surface area (TPSA) is 0 Å². The Labute approximate surface area is 79.4 Å². The molecule has 0 N–H and O–H groups in total. The molecule has 66 valence electrons. The highest BCUT2D eigenvalue weighted by molar-refractivity contribution is 7.99. The molecule has 0 heterocycles. The minimum Gasteiger partial charge on any atom is -0.126 e. The number of thioether (sulfide) groups is 1. The summed E-state index contributed by atoms with van der Waals surface area (Å²) in [7, 11) is 0. The minimum absolute atomic E-state index is 1.14. The van der Waals surface area contributed by atoms with Crippen molar-refractivity contribution in [1.29, 1.82) is 0 Å². The number of hydrogen-bond acceptors (Lipinski definition) is 1. The highest BCUT2D eigenvalue weighted by atomic mass is 32.2. The lowest BCUT2D eigenvalue weighted by Crippen LogP contribution is -1.86. The van der Waals surface area contributed by atoms with Gasteiger partial charge in [-0.2, -0.15) is 0 Å². The maximum absolute atomic E-state index is 2.28. The Kier molecular flexibility index (Phi) is 3.67. The van der Waals surface area contributed by atoms with Gasteiger partial charge in [-0.3, -0.25) is 0 Å². The van der Waals surface area contributed by atoms with E-state index in [1.807, 2.05) is 11.8 Å². The summed E-state index contributed by atoms with van der Waals surface area (Å²) >= 11 is 1.91. The van der Waals surface area contributed by atoms with Crippen LogP contribution in [0.4, 0.5) is 0 Å². The molecule has 0 spiro atoms. The van der Waals surface area contributed by atoms with Crippen molar-refractivity contribution in [2.75, 3.05) is 5.75 Å². The summed E-state index contributed by atoms with van der Waals surface area (Å²) in [5, 5.41) is 0. The second kappa shape index (κ2) is 4.56. The van der Waals surface area contributed by atoms with Gasteiger partial charge in [0.25, 0.3) is 0 Å². The van der Waals surface area contributed by atoms with E-state index in [4.69, 9.17) is 0 Å². The van der Waals surface area contributed by atoms with Crippen LogP contribution in [0.2, 0.25) is 0 Å². The zero-order valence-electron chi connectivity index (χ0n) is 8.05. The van der Waals surface area contributed by atoms with Crippen molar-refractivity contribution in [3.05, 3.63) is 29.3 Å². The maximum Gasteiger partial charge on any atom is 0.00746 e. The van der Waals surface area contributed by atoms with Gasteiger partial charge in [0.1, 0.15) is 0 Å². The first-order valence-corrected chi connectivity index (χ1v) is 5.48. The summed E-state index contributed by atoms with van der Waals surface area (Å²) in [6.07, 6.45) is 1.14. The lowest BCUT2D eigenvalue weighted by atomic mass is 10.1. The Bertz CT molecular complexity index is 253. The molecule has 0 bridgehead atoms. The number of benzene rings is 1. The third-order valence-electron chi connectivity index (χ3n) is 2.01. The van der Waals surface area contributed by atoms with Crippen LogP contribution in [0.5, 0.6) is 0 Å². The largest absolute Gasteiger partial charge is 0.126 e. The summed E-state index contributed by atoms with van der Waals surface area (Å²) < 4.78 is 0. The molecular formula is C11H16S. The molecule has 0 saturated carbocycles. The Hall–Kier alpha value is -0.430. The van der Waals surface area contributed by atoms with Crippen LogP contribution in [0.3, 0.4) is 0 Å². The first-order chi connectivity index (χ1) is 5.77. The Morgan fingerprint density at radius 1 is 1.25 bits per heavy atom. The van der Waals surface area contributed by atoms with Gasteiger partial charge in [-0.25, -0.2) is 0 Å². The highest BCUT2D eigenvalue weighted by Crippen LogP contribution is 2.20. The van der Waals surface area contributed by atoms with Crippen LogP contribution in [0, 0.1) is 6.92 Å². The molecule has 1 rings (SSSR count). The van der Waals surface area contributed by atoms with Gasteiger partial charge in [-0.1, -0.05) is 19.9 Å². The second-order valence-electron chi connectivity index (χ2n) is 2.87. The van der Waals surface area contributed by atoms with Crippen LogP contribution in [-0.2, 0) is 6.42 Å². The Balaban J connectivity index is 2.86. The van der Waals surface area contributed by atoms with E-state index in [-0.39, 0.29) is 0 Å². The zero-order valence-corrected chi connectivity index (χ0v) is 8.87. The van der Waals surface area contributed by atoms with Crippen molar-refractivity contribution in [2.45, 2.75) is 32.1 Å². The van der Waals surface area contributed by atoms with Crippen molar-refractivity contribution in [3.8, 4) is 0 Å². The van der Waals surface area contributed by atoms with Crippen LogP contribution in [0.25, 0.3) is 0 Å². The summed E-state index contributed by atoms with van der Waals surface area (Å²) in [5.74, 6) is 1.16. The van der Waals surface area contributed by atoms with Gasteiger partial charge in [0.2, 0.25) is 0 Å². The van der Waals surface area contributed by atoms with Crippen molar-refractivity contribution in [1.82, 2.24) is 0 Å². The Morgan fingerprint density at radius 2 is 2.00 bits per heavy atom. The molecule has 1 heteroatoms. The lowest BCUT2D eigenvalue weighted by molar-refractivity contribution is 1.10. The zero-order chi connectivity index (χ0) is 8.97. The molecule has 0 fully saturated rings. The van der Waals surface area contributed by atoms with E-state index in [2.05, 4.69) is 39.0 Å². The van der Waals surface area contributed by atoms with Gasteiger partial charge in [-0.15, -0.1) is 11.8 Å². The van der Waals surface area contributed by atoms with Gasteiger partial charge in [0, 0.05) is 4.90 Å². The van der Waals surface area contributed by atoms with Gasteiger partial charge in [0.15, 0.2) is 0 Å². The van der Waals surface area contributed by atoms with Crippen LogP contribution < -0.4 is 0 Å². The van der Waals surface area contributed by atoms with E-state index in [1.165, 1.54) is 16.0 Å². The van der Waals surface area contributed by atoms with E-state index in [0.29, 0.717) is 0 Å². The summed E-state index contributed by atoms with van der Waals surface area (Å²) in [5.41, 5.74) is 2.89. The van der Waals surface area contributed by atoms with Crippen molar-refractivity contribution in [2.24, 2.45) is 0 Å². The predicted molar refractivity (Wildman–Crippen MR) is 57.0 cm³/mol. The Morgan fingerprint density at radius 3 is 2.50 bits per heavy atom. The first-order valence-electron chi connectivity index (χ1n) is 4.50. The van der Waals surface area contributed by atoms with E-state index in [1.54, 1.807) is 0 Å². The highest BCUT2D eigenvalue weighted by Gasteiger charge is 1.97. The van der Waals surface area contributed by atoms with E-state index in [0.717, 1.165) is 12.2 Å². The molecule has 0 aliphatic rings. The molecule has 0 saturated heterocycles. The van der Waals surface area contributed by atoms with Crippen molar-refractivity contribution < 1.29 is 0 Å². The average Bonchev–Trinajstić information content (AvgIpc) is 2.05. The summed E-state index contributed by atoms with van der Waals surface area (Å²) in [4.78, 5) is 1.40. The summed E-state index contributed by atoms with van der Waals surface area (Å²) in [6.45, 7) is 6.58. The van der Waals surface area contributed by atoms with Gasteiger partial charge in [0.05, 0.1) is 0 Å². The molecule has 0 aliphatic carbocycles. The van der Waals surface area contributed by atoms with Gasteiger partial charge >= 0.3 is 0 Å². The molecule has 0 radical (unpaired) electrons. The fraction of sp³-hybridized carbons (Fsp3) is 0.455. The maximum atomic E-state index is 2.28. The smallest absolute Gasteiger partial charge is 0.00746 e. The molecule has 0 amide bonds. The third kappa shape index (κ3) is 2.28. The van der Waals surface area contributed by atoms with Crippen LogP contribution in [0.15, 0.2) is 23.1 Å². The molecule has 0 atom stereocenters. The molecule has 0 aromatic heterocycles. The SMILES string of the molecule is CCSc1ccc(CC)c(C)c1. The lowest BCUT2D eigenvalue weighted by Gasteiger charge is -2.04. The third-order valence-corrected chi connectivity index (χ3v) is 2.88. The second-order valence-corrected chi connectivity index (χ2v) is 4.21. The van der Waals surface area contributed by atoms with Crippen molar-refractivity contribution in [3.63, 3.8) is 0 Å². The normalized spacial score (nSPS) is 10.2. The molecule has 0 nitrogen and oxygen atoms in total. The number of aryl methyl sites for hydroxylation is 2. The van der Waals surface area contributed by atoms with E-state index in [9.17, 15) is 0 Å². The molecular weight excluding hydrogens is 164 g/mol. The van der Waals surface area contributed by atoms with Crippen LogP contribution in [-0.4, -0.2) is 5.75 Å². The molecule has 0 unspecified atom stereocenters. The fourth-order valence-electron chi connectivity index (χ4n) is 1.32. The fourth-order valence-corrected chi connectivity index (χ4v) is 2.08. The quantitative estimate of drug-likeness (QED) is 0.640. The van der Waals surface area contributed by atoms with E-state index < -0.39 is 0 Å². The van der Waals surface area contributed by atoms with Crippen LogP contribution >= 0.6 is 11.8 Å². The average molecular weight is 180 g/mol. The van der Waals surface area contributed by atoms with Crippen LogP contribution in [0.1, 0.15) is 25.0 Å². The first kappa shape index (κ1) is 9.66. The van der Waals surface area contributed by atoms with Crippen molar-refractivity contribution >= 4 is 11.8 Å². The molecule has 1 aromatic carbocycles. The molecule has 12 heavy (non-hydrogen) atoms. The molecule has 0 aliphatic heterocycles. The predicted octanol–water partition coefficient (Wildman–Crippen LogP) is 3.67. The monoisotopic (exact) mass is 180 g/mol. The van der Waals surface area contributed by atoms with E-state index >= 15 is 0 Å². The molecule has 1 aromatic rings. The van der Waals surface area contributed by atoms with Gasteiger partial charge in [-0.05, 0) is 42.4 Å². The standard InChI is InChI=1S/C11H16S/c1-4-10-6-7-11(12-5-2)8-9(10)3/h6-8H,4-5H2,1-3H3. The number of rotatable bonds is 3. The number of hydrogen-bond donors (Lipinski definition) is 0. The summed E-state index contributed by atoms with van der Waals surface area (Å²) in [6, 6.07) is 6.75. The van der Waals surface area contributed by atoms with Gasteiger partial charge < -0.3 is 0 Å². The minimum atomic E-state index is 1.14.